The van der Waals surface area contributed by atoms with Crippen molar-refractivity contribution < 1.29 is 14.3 Å². The quantitative estimate of drug-likeness (QED) is 0.776. The van der Waals surface area contributed by atoms with Gasteiger partial charge in [-0.2, -0.15) is 0 Å². The van der Waals surface area contributed by atoms with E-state index in [1.54, 1.807) is 0 Å². The lowest BCUT2D eigenvalue weighted by atomic mass is 9.87. The monoisotopic (exact) mass is 430 g/mol. The number of ether oxygens (including phenoxy) is 1. The average Bonchev–Trinajstić information content (AvgIpc) is 2.78. The molecule has 2 heterocycles. The third kappa shape index (κ3) is 6.05. The number of hydrogen-bond acceptors (Lipinski definition) is 5. The number of hydrogen-bond donors (Lipinski definition) is 1. The lowest BCUT2D eigenvalue weighted by Gasteiger charge is -2.41. The second-order valence-corrected chi connectivity index (χ2v) is 9.68. The Morgan fingerprint density at radius 2 is 1.39 bits per heavy atom. The van der Waals surface area contributed by atoms with Crippen LogP contribution in [0.1, 0.15) is 40.2 Å². The maximum absolute atomic E-state index is 12.8. The fraction of sp³-hybridized carbons (Fsp3) is 0.667. The molecule has 2 aliphatic rings. The Bertz CT molecular complexity index is 745. The number of anilines is 1. The first-order chi connectivity index (χ1) is 14.7. The molecule has 0 saturated carbocycles. The highest BCUT2D eigenvalue weighted by molar-refractivity contribution is 5.94. The zero-order chi connectivity index (χ0) is 22.6. The molecule has 0 aliphatic carbocycles. The van der Waals surface area contributed by atoms with Crippen molar-refractivity contribution in [3.05, 3.63) is 29.8 Å². The number of morpholine rings is 1. The molecule has 0 radical (unpaired) electrons. The lowest BCUT2D eigenvalue weighted by Crippen LogP contribution is -2.58. The summed E-state index contributed by atoms with van der Waals surface area (Å²) >= 11 is 0. The lowest BCUT2D eigenvalue weighted by molar-refractivity contribution is -0.141. The zero-order valence-electron chi connectivity index (χ0n) is 19.7. The molecule has 2 unspecified atom stereocenters. The Hall–Kier alpha value is -1.96. The minimum atomic E-state index is -0.213. The first kappa shape index (κ1) is 23.7. The van der Waals surface area contributed by atoms with Crippen molar-refractivity contribution in [2.75, 3.05) is 57.8 Å². The molecule has 2 fully saturated rings. The molecule has 1 aromatic carbocycles. The minimum Gasteiger partial charge on any atom is -0.378 e. The minimum absolute atomic E-state index is 0.00870. The summed E-state index contributed by atoms with van der Waals surface area (Å²) < 4.78 is 5.35. The van der Waals surface area contributed by atoms with Crippen molar-refractivity contribution in [3.8, 4) is 0 Å². The van der Waals surface area contributed by atoms with E-state index < -0.39 is 0 Å². The summed E-state index contributed by atoms with van der Waals surface area (Å²) in [5, 5.41) is 3.05. The number of carbonyl (C=O) groups excluding carboxylic acids is 2. The van der Waals surface area contributed by atoms with E-state index in [1.165, 1.54) is 5.56 Å². The fourth-order valence-electron chi connectivity index (χ4n) is 4.18. The largest absolute Gasteiger partial charge is 0.378 e. The van der Waals surface area contributed by atoms with Crippen LogP contribution in [0, 0.1) is 0 Å². The van der Waals surface area contributed by atoms with Gasteiger partial charge in [-0.3, -0.25) is 19.4 Å². The van der Waals surface area contributed by atoms with Gasteiger partial charge in [0.25, 0.3) is 0 Å². The van der Waals surface area contributed by atoms with Crippen LogP contribution in [0.3, 0.4) is 0 Å². The molecule has 2 amide bonds. The average molecular weight is 431 g/mol. The van der Waals surface area contributed by atoms with Crippen molar-refractivity contribution in [1.82, 2.24) is 14.7 Å². The Morgan fingerprint density at radius 1 is 0.871 bits per heavy atom. The molecule has 0 bridgehead atoms. The van der Waals surface area contributed by atoms with Crippen LogP contribution in [-0.2, 0) is 19.7 Å². The second kappa shape index (κ2) is 10.1. The predicted molar refractivity (Wildman–Crippen MR) is 123 cm³/mol. The number of nitrogens with one attached hydrogen (secondary N) is 1. The molecule has 3 rings (SSSR count). The summed E-state index contributed by atoms with van der Waals surface area (Å²) in [5.74, 6) is 0.190. The normalized spacial score (nSPS) is 20.9. The summed E-state index contributed by atoms with van der Waals surface area (Å²) in [7, 11) is 0. The van der Waals surface area contributed by atoms with E-state index in [-0.39, 0.29) is 29.3 Å². The van der Waals surface area contributed by atoms with Gasteiger partial charge in [-0.25, -0.2) is 0 Å². The second-order valence-electron chi connectivity index (χ2n) is 9.68. The third-order valence-electron chi connectivity index (χ3n) is 6.52. The Morgan fingerprint density at radius 3 is 1.90 bits per heavy atom. The Balaban J connectivity index is 1.48. The summed E-state index contributed by atoms with van der Waals surface area (Å²) in [6.45, 7) is 16.2. The van der Waals surface area contributed by atoms with Gasteiger partial charge < -0.3 is 15.0 Å². The van der Waals surface area contributed by atoms with Gasteiger partial charge >= 0.3 is 0 Å². The van der Waals surface area contributed by atoms with Crippen molar-refractivity contribution in [2.24, 2.45) is 0 Å². The van der Waals surface area contributed by atoms with Crippen LogP contribution < -0.4 is 5.32 Å². The number of carbonyl (C=O) groups is 2. The molecule has 2 aliphatic heterocycles. The van der Waals surface area contributed by atoms with E-state index in [4.69, 9.17) is 4.74 Å². The smallest absolute Gasteiger partial charge is 0.241 e. The van der Waals surface area contributed by atoms with Gasteiger partial charge in [0, 0.05) is 45.0 Å². The maximum atomic E-state index is 12.8. The summed E-state index contributed by atoms with van der Waals surface area (Å²) in [6, 6.07) is 7.75. The first-order valence-corrected chi connectivity index (χ1v) is 11.4. The van der Waals surface area contributed by atoms with Gasteiger partial charge in [0.15, 0.2) is 0 Å². The number of piperazine rings is 1. The summed E-state index contributed by atoms with van der Waals surface area (Å²) in [5.41, 5.74) is 2.17. The van der Waals surface area contributed by atoms with Gasteiger partial charge in [-0.15, -0.1) is 0 Å². The van der Waals surface area contributed by atoms with Gasteiger partial charge in [-0.05, 0) is 37.0 Å². The topological polar surface area (TPSA) is 65.1 Å². The molecule has 0 spiro atoms. The number of benzene rings is 1. The molecule has 2 atom stereocenters. The van der Waals surface area contributed by atoms with Crippen molar-refractivity contribution in [2.45, 2.75) is 52.1 Å². The van der Waals surface area contributed by atoms with E-state index in [1.807, 2.05) is 30.9 Å². The molecule has 1 aromatic rings. The molecule has 1 N–H and O–H groups in total. The Labute approximate surface area is 186 Å². The number of nitrogens with zero attached hydrogens (tertiary/aromatic N) is 3. The third-order valence-corrected chi connectivity index (χ3v) is 6.52. The summed E-state index contributed by atoms with van der Waals surface area (Å²) in [6.07, 6.45) is 0. The van der Waals surface area contributed by atoms with Gasteiger partial charge in [0.2, 0.25) is 11.8 Å². The van der Waals surface area contributed by atoms with Crippen LogP contribution in [0.5, 0.6) is 0 Å². The molecule has 2 saturated heterocycles. The van der Waals surface area contributed by atoms with Crippen LogP contribution in [0.2, 0.25) is 0 Å². The molecule has 7 nitrogen and oxygen atoms in total. The molecular weight excluding hydrogens is 392 g/mol. The van der Waals surface area contributed by atoms with E-state index >= 15 is 0 Å². The molecule has 172 valence electrons. The summed E-state index contributed by atoms with van der Waals surface area (Å²) in [4.78, 5) is 31.9. The molecular formula is C24H38N4O3. The molecule has 7 heteroatoms. The van der Waals surface area contributed by atoms with Gasteiger partial charge in [0.1, 0.15) is 0 Å². The molecule has 0 aromatic heterocycles. The molecule has 31 heavy (non-hydrogen) atoms. The Kier molecular flexibility index (Phi) is 7.73. The predicted octanol–water partition coefficient (Wildman–Crippen LogP) is 2.18. The highest BCUT2D eigenvalue weighted by Crippen LogP contribution is 2.23. The van der Waals surface area contributed by atoms with Crippen LogP contribution in [-0.4, -0.2) is 91.1 Å². The standard InChI is InChI=1S/C24H38N4O3/c1-18(22(29)25-21-8-6-20(7-9-21)24(3,4)5)26-10-12-27(13-11-26)19(2)23(30)28-14-16-31-17-15-28/h6-9,18-19H,10-17H2,1-5H3,(H,25,29). The number of rotatable bonds is 5. The highest BCUT2D eigenvalue weighted by atomic mass is 16.5. The van der Waals surface area contributed by atoms with Gasteiger partial charge in [0.05, 0.1) is 25.3 Å². The van der Waals surface area contributed by atoms with Crippen molar-refractivity contribution in [1.29, 1.82) is 0 Å². The fourth-order valence-corrected chi connectivity index (χ4v) is 4.18. The van der Waals surface area contributed by atoms with Crippen LogP contribution >= 0.6 is 0 Å². The van der Waals surface area contributed by atoms with Crippen molar-refractivity contribution >= 4 is 17.5 Å². The van der Waals surface area contributed by atoms with E-state index in [2.05, 4.69) is 48.0 Å². The van der Waals surface area contributed by atoms with E-state index in [0.29, 0.717) is 26.3 Å². The highest BCUT2D eigenvalue weighted by Gasteiger charge is 2.32. The van der Waals surface area contributed by atoms with Crippen LogP contribution in [0.4, 0.5) is 5.69 Å². The SMILES string of the molecule is CC(C(=O)Nc1ccc(C(C)(C)C)cc1)N1CCN(C(C)C(=O)N2CCOCC2)CC1. The van der Waals surface area contributed by atoms with E-state index in [9.17, 15) is 9.59 Å². The van der Waals surface area contributed by atoms with E-state index in [0.717, 1.165) is 31.9 Å². The van der Waals surface area contributed by atoms with Crippen molar-refractivity contribution in [3.63, 3.8) is 0 Å². The zero-order valence-corrected chi connectivity index (χ0v) is 19.7. The maximum Gasteiger partial charge on any atom is 0.241 e. The van der Waals surface area contributed by atoms with Crippen LogP contribution in [0.15, 0.2) is 24.3 Å². The first-order valence-electron chi connectivity index (χ1n) is 11.4. The van der Waals surface area contributed by atoms with Crippen LogP contribution in [0.25, 0.3) is 0 Å². The van der Waals surface area contributed by atoms with Gasteiger partial charge in [-0.1, -0.05) is 32.9 Å². The number of amides is 2.